The fourth-order valence-electron chi connectivity index (χ4n) is 3.38. The van der Waals surface area contributed by atoms with Crippen LogP contribution in [0.25, 0.3) is 10.8 Å². The normalized spacial score (nSPS) is 13.0. The highest BCUT2D eigenvalue weighted by Crippen LogP contribution is 2.23. The van der Waals surface area contributed by atoms with Gasteiger partial charge in [0.15, 0.2) is 0 Å². The van der Waals surface area contributed by atoms with Gasteiger partial charge in [0.2, 0.25) is 10.0 Å². The summed E-state index contributed by atoms with van der Waals surface area (Å²) in [5.41, 5.74) is 2.36. The number of hydrogen-bond acceptors (Lipinski definition) is 4. The van der Waals surface area contributed by atoms with E-state index in [1.54, 1.807) is 5.48 Å². The van der Waals surface area contributed by atoms with Crippen LogP contribution in [0.15, 0.2) is 42.5 Å². The van der Waals surface area contributed by atoms with Gasteiger partial charge in [0, 0.05) is 6.54 Å². The number of hydroxylamine groups is 1. The summed E-state index contributed by atoms with van der Waals surface area (Å²) in [6, 6.07) is 13.6. The summed E-state index contributed by atoms with van der Waals surface area (Å²) in [5, 5.41) is 10.5. The van der Waals surface area contributed by atoms with Gasteiger partial charge in [0.25, 0.3) is 5.91 Å². The van der Waals surface area contributed by atoms with Crippen molar-refractivity contribution in [3.05, 3.63) is 48.0 Å². The standard InChI is InChI=1S/C21H30N2O4S/c1-3-5-11-20(8-4-2)28(26,27)23(16-21(24)22-25)15-17-12-13-18-9-6-7-10-19(18)14-17/h6-7,9-10,12-14,20,25H,3-5,8,11,15-16H2,1-2H3,(H,22,24). The van der Waals surface area contributed by atoms with Gasteiger partial charge in [-0.3, -0.25) is 10.0 Å². The number of fused-ring (bicyclic) bond motifs is 1. The number of sulfonamides is 1. The van der Waals surface area contributed by atoms with E-state index in [1.807, 2.05) is 56.3 Å². The Balaban J connectivity index is 2.34. The van der Waals surface area contributed by atoms with E-state index in [1.165, 1.54) is 4.31 Å². The van der Waals surface area contributed by atoms with E-state index < -0.39 is 27.7 Å². The topological polar surface area (TPSA) is 86.7 Å². The predicted molar refractivity (Wildman–Crippen MR) is 111 cm³/mol. The molecule has 0 aliphatic heterocycles. The Morgan fingerprint density at radius 1 is 1.07 bits per heavy atom. The zero-order valence-corrected chi connectivity index (χ0v) is 17.4. The minimum Gasteiger partial charge on any atom is -0.289 e. The molecule has 2 N–H and O–H groups in total. The van der Waals surface area contributed by atoms with E-state index in [9.17, 15) is 13.2 Å². The van der Waals surface area contributed by atoms with Gasteiger partial charge in [0.1, 0.15) is 0 Å². The Morgan fingerprint density at radius 3 is 2.43 bits per heavy atom. The Hall–Kier alpha value is -1.96. The lowest BCUT2D eigenvalue weighted by molar-refractivity contribution is -0.129. The van der Waals surface area contributed by atoms with Gasteiger partial charge in [-0.2, -0.15) is 4.31 Å². The van der Waals surface area contributed by atoms with Crippen LogP contribution in [0.5, 0.6) is 0 Å². The van der Waals surface area contributed by atoms with E-state index in [0.29, 0.717) is 12.8 Å². The maximum absolute atomic E-state index is 13.3. The van der Waals surface area contributed by atoms with Gasteiger partial charge in [-0.25, -0.2) is 13.9 Å². The molecular formula is C21H30N2O4S. The summed E-state index contributed by atoms with van der Waals surface area (Å²) in [6.45, 7) is 3.68. The summed E-state index contributed by atoms with van der Waals surface area (Å²) in [7, 11) is -3.69. The number of amides is 1. The first-order valence-electron chi connectivity index (χ1n) is 9.81. The largest absolute Gasteiger partial charge is 0.289 e. The van der Waals surface area contributed by atoms with Crippen LogP contribution in [0.4, 0.5) is 0 Å². The van der Waals surface area contributed by atoms with Gasteiger partial charge in [-0.15, -0.1) is 0 Å². The van der Waals surface area contributed by atoms with E-state index in [-0.39, 0.29) is 6.54 Å². The van der Waals surface area contributed by atoms with Gasteiger partial charge in [0.05, 0.1) is 11.8 Å². The van der Waals surface area contributed by atoms with Crippen LogP contribution in [0.3, 0.4) is 0 Å². The van der Waals surface area contributed by atoms with Gasteiger partial charge in [-0.1, -0.05) is 69.5 Å². The molecule has 1 unspecified atom stereocenters. The summed E-state index contributed by atoms with van der Waals surface area (Å²) in [4.78, 5) is 11.8. The fourth-order valence-corrected chi connectivity index (χ4v) is 5.42. The number of benzene rings is 2. The molecule has 28 heavy (non-hydrogen) atoms. The average molecular weight is 407 g/mol. The number of unbranched alkanes of at least 4 members (excludes halogenated alkanes) is 1. The van der Waals surface area contributed by atoms with Gasteiger partial charge >= 0.3 is 0 Å². The Kier molecular flexibility index (Phi) is 8.41. The van der Waals surface area contributed by atoms with Crippen LogP contribution in [-0.4, -0.2) is 35.6 Å². The predicted octanol–water partition coefficient (Wildman–Crippen LogP) is 3.84. The summed E-state index contributed by atoms with van der Waals surface area (Å²) >= 11 is 0. The minimum atomic E-state index is -3.69. The molecule has 0 radical (unpaired) electrons. The number of rotatable bonds is 11. The van der Waals surface area contributed by atoms with E-state index in [2.05, 4.69) is 0 Å². The van der Waals surface area contributed by atoms with Crippen LogP contribution in [-0.2, 0) is 21.4 Å². The van der Waals surface area contributed by atoms with Gasteiger partial charge in [-0.05, 0) is 35.2 Å². The Bertz CT molecular complexity index is 883. The van der Waals surface area contributed by atoms with Crippen LogP contribution in [0.1, 0.15) is 51.5 Å². The molecule has 1 amide bonds. The van der Waals surface area contributed by atoms with Crippen LogP contribution in [0.2, 0.25) is 0 Å². The lowest BCUT2D eigenvalue weighted by atomic mass is 10.1. The number of nitrogens with zero attached hydrogens (tertiary/aromatic N) is 1. The molecule has 0 spiro atoms. The molecule has 2 aromatic rings. The average Bonchev–Trinajstić information content (AvgIpc) is 2.70. The van der Waals surface area contributed by atoms with Crippen molar-refractivity contribution >= 4 is 26.7 Å². The van der Waals surface area contributed by atoms with Gasteiger partial charge < -0.3 is 0 Å². The quantitative estimate of drug-likeness (QED) is 0.438. The summed E-state index contributed by atoms with van der Waals surface area (Å²) < 4.78 is 27.8. The van der Waals surface area contributed by atoms with E-state index in [4.69, 9.17) is 5.21 Å². The highest BCUT2D eigenvalue weighted by Gasteiger charge is 2.32. The van der Waals surface area contributed by atoms with E-state index in [0.717, 1.165) is 35.6 Å². The highest BCUT2D eigenvalue weighted by molar-refractivity contribution is 7.89. The molecule has 0 aliphatic rings. The van der Waals surface area contributed by atoms with Crippen molar-refractivity contribution in [1.82, 2.24) is 9.79 Å². The van der Waals surface area contributed by atoms with Crippen molar-refractivity contribution in [1.29, 1.82) is 0 Å². The fraction of sp³-hybridized carbons (Fsp3) is 0.476. The van der Waals surface area contributed by atoms with Crippen molar-refractivity contribution in [2.45, 2.75) is 57.7 Å². The second kappa shape index (κ2) is 10.5. The zero-order chi connectivity index (χ0) is 20.6. The van der Waals surface area contributed by atoms with Crippen LogP contribution >= 0.6 is 0 Å². The molecule has 0 fully saturated rings. The van der Waals surface area contributed by atoms with Crippen molar-refractivity contribution < 1.29 is 18.4 Å². The van der Waals surface area contributed by atoms with Crippen molar-refractivity contribution in [2.24, 2.45) is 0 Å². The molecule has 0 heterocycles. The molecule has 1 atom stereocenters. The molecule has 154 valence electrons. The molecule has 2 aromatic carbocycles. The number of carbonyl (C=O) groups is 1. The van der Waals surface area contributed by atoms with E-state index >= 15 is 0 Å². The SMILES string of the molecule is CCCCC(CCC)S(=O)(=O)N(CC(=O)NO)Cc1ccc2ccccc2c1. The summed E-state index contributed by atoms with van der Waals surface area (Å²) in [5.74, 6) is -0.741. The number of carbonyl (C=O) groups excluding carboxylic acids is 1. The molecule has 0 aromatic heterocycles. The highest BCUT2D eigenvalue weighted by atomic mass is 32.2. The third-order valence-corrected chi connectivity index (χ3v) is 7.18. The van der Waals surface area contributed by atoms with Crippen LogP contribution < -0.4 is 5.48 Å². The lowest BCUT2D eigenvalue weighted by Crippen LogP contribution is -2.43. The molecular weight excluding hydrogens is 376 g/mol. The smallest absolute Gasteiger partial charge is 0.258 e. The first-order chi connectivity index (χ1) is 13.4. The third kappa shape index (κ3) is 5.77. The van der Waals surface area contributed by atoms with Crippen molar-refractivity contribution in [3.63, 3.8) is 0 Å². The first kappa shape index (κ1) is 22.3. The maximum Gasteiger partial charge on any atom is 0.258 e. The molecule has 0 aliphatic carbocycles. The number of hydrogen-bond donors (Lipinski definition) is 2. The molecule has 2 rings (SSSR count). The second-order valence-corrected chi connectivity index (χ2v) is 9.30. The first-order valence-corrected chi connectivity index (χ1v) is 11.3. The molecule has 0 saturated carbocycles. The second-order valence-electron chi connectivity index (χ2n) is 7.08. The molecule has 0 bridgehead atoms. The van der Waals surface area contributed by atoms with Crippen molar-refractivity contribution in [2.75, 3.05) is 6.54 Å². The third-order valence-electron chi connectivity index (χ3n) is 4.89. The van der Waals surface area contributed by atoms with Crippen LogP contribution in [0, 0.1) is 0 Å². The Morgan fingerprint density at radius 2 is 1.79 bits per heavy atom. The maximum atomic E-state index is 13.3. The molecule has 7 heteroatoms. The molecule has 6 nitrogen and oxygen atoms in total. The zero-order valence-electron chi connectivity index (χ0n) is 16.6. The monoisotopic (exact) mass is 406 g/mol. The minimum absolute atomic E-state index is 0.0902. The number of nitrogens with one attached hydrogen (secondary N) is 1. The Labute approximate surface area is 167 Å². The lowest BCUT2D eigenvalue weighted by Gasteiger charge is -2.27. The van der Waals surface area contributed by atoms with Crippen molar-refractivity contribution in [3.8, 4) is 0 Å². The summed E-state index contributed by atoms with van der Waals surface area (Å²) in [6.07, 6.45) is 3.61. The molecule has 0 saturated heterocycles.